The lowest BCUT2D eigenvalue weighted by Crippen LogP contribution is -2.30. The van der Waals surface area contributed by atoms with E-state index in [1.807, 2.05) is 30.3 Å². The van der Waals surface area contributed by atoms with Crippen molar-refractivity contribution >= 4 is 11.6 Å². The second-order valence-electron chi connectivity index (χ2n) is 5.87. The van der Waals surface area contributed by atoms with Crippen molar-refractivity contribution in [3.8, 4) is 5.75 Å². The van der Waals surface area contributed by atoms with Gasteiger partial charge < -0.3 is 15.8 Å². The lowest BCUT2D eigenvalue weighted by Gasteiger charge is -2.14. The van der Waals surface area contributed by atoms with E-state index in [2.05, 4.69) is 15.3 Å². The fourth-order valence-electron chi connectivity index (χ4n) is 2.45. The van der Waals surface area contributed by atoms with Crippen molar-refractivity contribution in [3.63, 3.8) is 0 Å². The smallest absolute Gasteiger partial charge is 0.257 e. The number of carbonyl (C=O) groups is 1. The average molecular weight is 348 g/mol. The second-order valence-corrected chi connectivity index (χ2v) is 5.87. The van der Waals surface area contributed by atoms with Crippen LogP contribution in [-0.2, 0) is 6.42 Å². The zero-order chi connectivity index (χ0) is 18.2. The molecule has 0 aliphatic rings. The van der Waals surface area contributed by atoms with E-state index in [1.54, 1.807) is 36.8 Å². The minimum Gasteiger partial charge on any atom is -0.490 e. The molecule has 0 aliphatic carbocycles. The predicted octanol–water partition coefficient (Wildman–Crippen LogP) is 2.68. The van der Waals surface area contributed by atoms with Crippen molar-refractivity contribution in [3.05, 3.63) is 84.4 Å². The number of ether oxygens (including phenoxy) is 1. The Hall–Kier alpha value is -3.25. The Morgan fingerprint density at radius 3 is 2.69 bits per heavy atom. The highest BCUT2D eigenvalue weighted by molar-refractivity contribution is 6.03. The molecule has 0 bridgehead atoms. The molecule has 0 saturated heterocycles. The summed E-state index contributed by atoms with van der Waals surface area (Å²) in [5.41, 5.74) is 8.32. The van der Waals surface area contributed by atoms with Crippen LogP contribution >= 0.6 is 0 Å². The second kappa shape index (κ2) is 8.73. The van der Waals surface area contributed by atoms with Crippen LogP contribution < -0.4 is 15.8 Å². The minimum atomic E-state index is -0.252. The van der Waals surface area contributed by atoms with Gasteiger partial charge in [-0.3, -0.25) is 14.8 Å². The third kappa shape index (κ3) is 5.12. The maximum atomic E-state index is 12.2. The highest BCUT2D eigenvalue weighted by Crippen LogP contribution is 2.16. The normalized spacial score (nSPS) is 11.6. The number of benzene rings is 1. The van der Waals surface area contributed by atoms with Gasteiger partial charge in [0.05, 0.1) is 23.6 Å². The van der Waals surface area contributed by atoms with Crippen molar-refractivity contribution < 1.29 is 9.53 Å². The Balaban J connectivity index is 1.55. The molecule has 0 fully saturated rings. The number of aromatic nitrogens is 2. The molecule has 1 aromatic carbocycles. The Kier molecular flexibility index (Phi) is 5.90. The molecule has 26 heavy (non-hydrogen) atoms. The van der Waals surface area contributed by atoms with Gasteiger partial charge in [0.25, 0.3) is 5.91 Å². The fraction of sp³-hybridized carbons (Fsp3) is 0.150. The molecule has 3 N–H and O–H groups in total. The molecule has 6 nitrogen and oxygen atoms in total. The third-order valence-corrected chi connectivity index (χ3v) is 3.70. The SMILES string of the molecule is N[C@H](COc1cncc(NC(=O)c2cccnc2)c1)Cc1ccccc1. The van der Waals surface area contributed by atoms with Crippen LogP contribution in [0.4, 0.5) is 5.69 Å². The largest absolute Gasteiger partial charge is 0.490 e. The first kappa shape index (κ1) is 17.6. The van der Waals surface area contributed by atoms with E-state index in [-0.39, 0.29) is 11.9 Å². The molecule has 2 heterocycles. The van der Waals surface area contributed by atoms with Crippen molar-refractivity contribution in [1.29, 1.82) is 0 Å². The van der Waals surface area contributed by atoms with Crippen LogP contribution in [0.2, 0.25) is 0 Å². The number of amides is 1. The monoisotopic (exact) mass is 348 g/mol. The summed E-state index contributed by atoms with van der Waals surface area (Å²) < 4.78 is 5.72. The van der Waals surface area contributed by atoms with Gasteiger partial charge in [0, 0.05) is 24.5 Å². The van der Waals surface area contributed by atoms with Crippen molar-refractivity contribution in [1.82, 2.24) is 9.97 Å². The average Bonchev–Trinajstić information content (AvgIpc) is 2.68. The molecular weight excluding hydrogens is 328 g/mol. The van der Waals surface area contributed by atoms with Crippen molar-refractivity contribution in [2.45, 2.75) is 12.5 Å². The number of hydrogen-bond acceptors (Lipinski definition) is 5. The van der Waals surface area contributed by atoms with E-state index in [0.29, 0.717) is 23.6 Å². The highest BCUT2D eigenvalue weighted by atomic mass is 16.5. The number of carbonyl (C=O) groups excluding carboxylic acids is 1. The molecule has 0 spiro atoms. The van der Waals surface area contributed by atoms with Gasteiger partial charge in [0.15, 0.2) is 0 Å². The van der Waals surface area contributed by atoms with E-state index < -0.39 is 0 Å². The lowest BCUT2D eigenvalue weighted by molar-refractivity contribution is 0.102. The molecular formula is C20H20N4O2. The van der Waals surface area contributed by atoms with Gasteiger partial charge in [0.2, 0.25) is 0 Å². The van der Waals surface area contributed by atoms with Crippen LogP contribution in [0.15, 0.2) is 73.3 Å². The van der Waals surface area contributed by atoms with E-state index in [1.165, 1.54) is 11.8 Å². The van der Waals surface area contributed by atoms with Crippen LogP contribution in [0, 0.1) is 0 Å². The first-order chi connectivity index (χ1) is 12.7. The summed E-state index contributed by atoms with van der Waals surface area (Å²) in [5.74, 6) is 0.301. The fourth-order valence-corrected chi connectivity index (χ4v) is 2.45. The standard InChI is InChI=1S/C20H20N4O2/c21-17(9-15-5-2-1-3-6-15)14-26-19-10-18(12-23-13-19)24-20(25)16-7-4-8-22-11-16/h1-8,10-13,17H,9,14,21H2,(H,24,25)/t17-/m0/s1. The van der Waals surface area contributed by atoms with Crippen LogP contribution in [0.5, 0.6) is 5.75 Å². The van der Waals surface area contributed by atoms with E-state index in [4.69, 9.17) is 10.5 Å². The molecule has 0 aliphatic heterocycles. The minimum absolute atomic E-state index is 0.133. The van der Waals surface area contributed by atoms with Gasteiger partial charge in [-0.1, -0.05) is 30.3 Å². The number of nitrogens with two attached hydrogens (primary N) is 1. The maximum absolute atomic E-state index is 12.2. The molecule has 1 atom stereocenters. The van der Waals surface area contributed by atoms with Gasteiger partial charge in [-0.2, -0.15) is 0 Å². The quantitative estimate of drug-likeness (QED) is 0.685. The number of anilines is 1. The Morgan fingerprint density at radius 2 is 1.92 bits per heavy atom. The summed E-state index contributed by atoms with van der Waals surface area (Å²) in [6.07, 6.45) is 7.00. The van der Waals surface area contributed by atoms with Gasteiger partial charge in [-0.25, -0.2) is 0 Å². The summed E-state index contributed by atoms with van der Waals surface area (Å²) in [6.45, 7) is 0.358. The predicted molar refractivity (Wildman–Crippen MR) is 100 cm³/mol. The van der Waals surface area contributed by atoms with Gasteiger partial charge in [-0.15, -0.1) is 0 Å². The lowest BCUT2D eigenvalue weighted by atomic mass is 10.1. The van der Waals surface area contributed by atoms with E-state index >= 15 is 0 Å². The number of pyridine rings is 2. The molecule has 3 aromatic rings. The molecule has 6 heteroatoms. The Bertz CT molecular complexity index is 841. The number of nitrogens with zero attached hydrogens (tertiary/aromatic N) is 2. The van der Waals surface area contributed by atoms with Crippen LogP contribution in [0.1, 0.15) is 15.9 Å². The zero-order valence-corrected chi connectivity index (χ0v) is 14.2. The Labute approximate surface area is 152 Å². The summed E-state index contributed by atoms with van der Waals surface area (Å²) in [7, 11) is 0. The molecule has 0 unspecified atom stereocenters. The number of hydrogen-bond donors (Lipinski definition) is 2. The molecule has 132 valence electrons. The molecule has 2 aromatic heterocycles. The van der Waals surface area contributed by atoms with E-state index in [9.17, 15) is 4.79 Å². The molecule has 1 amide bonds. The molecule has 3 rings (SSSR count). The zero-order valence-electron chi connectivity index (χ0n) is 14.2. The van der Waals surface area contributed by atoms with E-state index in [0.717, 1.165) is 6.42 Å². The van der Waals surface area contributed by atoms with Crippen LogP contribution in [-0.4, -0.2) is 28.5 Å². The first-order valence-electron chi connectivity index (χ1n) is 8.29. The first-order valence-corrected chi connectivity index (χ1v) is 8.29. The van der Waals surface area contributed by atoms with Crippen molar-refractivity contribution in [2.75, 3.05) is 11.9 Å². The third-order valence-electron chi connectivity index (χ3n) is 3.70. The number of rotatable bonds is 7. The summed E-state index contributed by atoms with van der Waals surface area (Å²) in [6, 6.07) is 15.0. The Morgan fingerprint density at radius 1 is 1.08 bits per heavy atom. The van der Waals surface area contributed by atoms with Crippen LogP contribution in [0.3, 0.4) is 0 Å². The summed E-state index contributed by atoms with van der Waals surface area (Å²) >= 11 is 0. The molecule has 0 radical (unpaired) electrons. The van der Waals surface area contributed by atoms with Gasteiger partial charge in [-0.05, 0) is 24.1 Å². The summed E-state index contributed by atoms with van der Waals surface area (Å²) in [5, 5.41) is 2.77. The number of nitrogens with one attached hydrogen (secondary N) is 1. The topological polar surface area (TPSA) is 90.1 Å². The molecule has 0 saturated carbocycles. The maximum Gasteiger partial charge on any atom is 0.257 e. The highest BCUT2D eigenvalue weighted by Gasteiger charge is 2.08. The van der Waals surface area contributed by atoms with Crippen molar-refractivity contribution in [2.24, 2.45) is 5.73 Å². The van der Waals surface area contributed by atoms with Gasteiger partial charge in [0.1, 0.15) is 12.4 Å². The summed E-state index contributed by atoms with van der Waals surface area (Å²) in [4.78, 5) is 20.2. The van der Waals surface area contributed by atoms with Gasteiger partial charge >= 0.3 is 0 Å². The van der Waals surface area contributed by atoms with Crippen LogP contribution in [0.25, 0.3) is 0 Å².